The first-order chi connectivity index (χ1) is 10.0. The first kappa shape index (κ1) is 15.5. The van der Waals surface area contributed by atoms with Gasteiger partial charge in [-0.15, -0.1) is 0 Å². The molecule has 0 atom stereocenters. The molecular weight excluding hydrogens is 266 g/mol. The normalized spacial score (nSPS) is 14.1. The number of benzene rings is 1. The van der Waals surface area contributed by atoms with Crippen molar-refractivity contribution in [3.05, 3.63) is 34.9 Å². The summed E-state index contributed by atoms with van der Waals surface area (Å²) < 4.78 is 0. The highest BCUT2D eigenvalue weighted by atomic mass is 16.4. The maximum absolute atomic E-state index is 12.4. The summed E-state index contributed by atoms with van der Waals surface area (Å²) in [6, 6.07) is 5.22. The Morgan fingerprint density at radius 3 is 2.57 bits per heavy atom. The number of amides is 1. The molecule has 2 rings (SSSR count). The molecule has 0 fully saturated rings. The van der Waals surface area contributed by atoms with E-state index in [1.165, 1.54) is 0 Å². The van der Waals surface area contributed by atoms with E-state index < -0.39 is 5.97 Å². The van der Waals surface area contributed by atoms with Crippen LogP contribution in [-0.2, 0) is 17.8 Å². The maximum Gasteiger partial charge on any atom is 0.335 e. The van der Waals surface area contributed by atoms with Crippen LogP contribution in [0.25, 0.3) is 0 Å². The monoisotopic (exact) mass is 289 g/mol. The van der Waals surface area contributed by atoms with Gasteiger partial charge in [0.05, 0.1) is 5.56 Å². The van der Waals surface area contributed by atoms with Crippen LogP contribution in [0.2, 0.25) is 0 Å². The summed E-state index contributed by atoms with van der Waals surface area (Å²) in [5.41, 5.74) is 2.42. The van der Waals surface area contributed by atoms with E-state index in [-0.39, 0.29) is 5.91 Å². The number of fused-ring (bicyclic) bond motifs is 1. The quantitative estimate of drug-likeness (QED) is 0.906. The molecule has 1 aliphatic heterocycles. The van der Waals surface area contributed by atoms with Gasteiger partial charge in [-0.3, -0.25) is 4.79 Å². The lowest BCUT2D eigenvalue weighted by Crippen LogP contribution is -2.36. The lowest BCUT2D eigenvalue weighted by atomic mass is 9.95. The fourth-order valence-electron chi connectivity index (χ4n) is 2.86. The summed E-state index contributed by atoms with van der Waals surface area (Å²) in [6.45, 7) is 5.51. The van der Waals surface area contributed by atoms with Crippen LogP contribution in [0.4, 0.5) is 0 Å². The van der Waals surface area contributed by atoms with Gasteiger partial charge in [0.25, 0.3) is 0 Å². The molecule has 0 aliphatic carbocycles. The molecule has 1 N–H and O–H groups in total. The Kier molecular flexibility index (Phi) is 4.99. The van der Waals surface area contributed by atoms with Gasteiger partial charge < -0.3 is 10.0 Å². The highest BCUT2D eigenvalue weighted by Gasteiger charge is 2.23. The molecule has 1 amide bonds. The van der Waals surface area contributed by atoms with Crippen molar-refractivity contribution in [2.24, 2.45) is 5.92 Å². The van der Waals surface area contributed by atoms with Crippen LogP contribution in [0.1, 0.15) is 54.6 Å². The third-order valence-corrected chi connectivity index (χ3v) is 4.44. The molecule has 1 heterocycles. The Hall–Kier alpha value is -1.84. The minimum Gasteiger partial charge on any atom is -0.478 e. The van der Waals surface area contributed by atoms with E-state index in [2.05, 4.69) is 13.8 Å². The third-order valence-electron chi connectivity index (χ3n) is 4.44. The fraction of sp³-hybridized carbons (Fsp3) is 0.529. The lowest BCUT2D eigenvalue weighted by molar-refractivity contribution is -0.133. The number of carboxylic acid groups (broad SMARTS) is 1. The predicted molar refractivity (Wildman–Crippen MR) is 81.2 cm³/mol. The number of carbonyl (C=O) groups excluding carboxylic acids is 1. The molecule has 4 heteroatoms. The minimum atomic E-state index is -0.918. The number of nitrogens with zero attached hydrogens (tertiary/aromatic N) is 1. The molecule has 114 valence electrons. The average Bonchev–Trinajstić information content (AvgIpc) is 2.51. The molecule has 1 aromatic rings. The van der Waals surface area contributed by atoms with E-state index in [0.29, 0.717) is 24.4 Å². The smallest absolute Gasteiger partial charge is 0.335 e. The molecule has 1 aliphatic rings. The summed E-state index contributed by atoms with van der Waals surface area (Å²) in [5.74, 6) is -0.280. The summed E-state index contributed by atoms with van der Waals surface area (Å²) in [5, 5.41) is 9.06. The molecule has 0 spiro atoms. The van der Waals surface area contributed by atoms with E-state index in [1.54, 1.807) is 12.1 Å². The Balaban J connectivity index is 2.09. The van der Waals surface area contributed by atoms with Gasteiger partial charge in [-0.1, -0.05) is 32.8 Å². The highest BCUT2D eigenvalue weighted by Crippen LogP contribution is 2.23. The predicted octanol–water partition coefficient (Wildman–Crippen LogP) is 3.10. The van der Waals surface area contributed by atoms with Gasteiger partial charge in [-0.25, -0.2) is 4.79 Å². The second-order valence-electron chi connectivity index (χ2n) is 5.74. The van der Waals surface area contributed by atoms with Crippen molar-refractivity contribution < 1.29 is 14.7 Å². The Morgan fingerprint density at radius 2 is 1.95 bits per heavy atom. The van der Waals surface area contributed by atoms with Gasteiger partial charge >= 0.3 is 5.97 Å². The largest absolute Gasteiger partial charge is 0.478 e. The molecule has 0 aromatic heterocycles. The zero-order valence-corrected chi connectivity index (χ0v) is 12.8. The first-order valence-corrected chi connectivity index (χ1v) is 7.68. The van der Waals surface area contributed by atoms with E-state index in [9.17, 15) is 9.59 Å². The summed E-state index contributed by atoms with van der Waals surface area (Å²) in [4.78, 5) is 25.3. The van der Waals surface area contributed by atoms with Crippen LogP contribution in [-0.4, -0.2) is 28.4 Å². The number of hydrogen-bond donors (Lipinski definition) is 1. The van der Waals surface area contributed by atoms with Gasteiger partial charge in [-0.05, 0) is 35.6 Å². The van der Waals surface area contributed by atoms with Crippen LogP contribution < -0.4 is 0 Å². The van der Waals surface area contributed by atoms with Crippen LogP contribution in [0.5, 0.6) is 0 Å². The molecule has 0 radical (unpaired) electrons. The van der Waals surface area contributed by atoms with Crippen LogP contribution >= 0.6 is 0 Å². The molecule has 21 heavy (non-hydrogen) atoms. The van der Waals surface area contributed by atoms with Crippen LogP contribution in [0.3, 0.4) is 0 Å². The van der Waals surface area contributed by atoms with Crippen molar-refractivity contribution in [1.82, 2.24) is 4.90 Å². The minimum absolute atomic E-state index is 0.190. The molecule has 0 saturated heterocycles. The highest BCUT2D eigenvalue weighted by molar-refractivity contribution is 5.88. The zero-order chi connectivity index (χ0) is 15.4. The van der Waals surface area contributed by atoms with E-state index in [1.807, 2.05) is 11.0 Å². The van der Waals surface area contributed by atoms with Crippen molar-refractivity contribution in [2.45, 2.75) is 46.1 Å². The van der Waals surface area contributed by atoms with Gasteiger partial charge in [0, 0.05) is 19.5 Å². The Bertz CT molecular complexity index is 535. The van der Waals surface area contributed by atoms with Crippen LogP contribution in [0, 0.1) is 5.92 Å². The maximum atomic E-state index is 12.4. The van der Waals surface area contributed by atoms with Gasteiger partial charge in [-0.2, -0.15) is 0 Å². The molecular formula is C17H23NO3. The fourth-order valence-corrected chi connectivity index (χ4v) is 2.86. The SMILES string of the molecule is CCC(CC)CC(=O)N1CCc2ccc(C(=O)O)cc2C1. The molecule has 0 saturated carbocycles. The molecule has 0 bridgehead atoms. The van der Waals surface area contributed by atoms with E-state index >= 15 is 0 Å². The van der Waals surface area contributed by atoms with Crippen molar-refractivity contribution in [2.75, 3.05) is 6.54 Å². The van der Waals surface area contributed by atoms with Crippen molar-refractivity contribution in [3.63, 3.8) is 0 Å². The Labute approximate surface area is 125 Å². The van der Waals surface area contributed by atoms with E-state index in [4.69, 9.17) is 5.11 Å². The average molecular weight is 289 g/mol. The van der Waals surface area contributed by atoms with Gasteiger partial charge in [0.1, 0.15) is 0 Å². The second kappa shape index (κ2) is 6.74. The second-order valence-corrected chi connectivity index (χ2v) is 5.74. The van der Waals surface area contributed by atoms with Gasteiger partial charge in [0.15, 0.2) is 0 Å². The molecule has 4 nitrogen and oxygen atoms in total. The number of rotatable bonds is 5. The molecule has 0 unspecified atom stereocenters. The standard InChI is InChI=1S/C17H23NO3/c1-3-12(4-2)9-16(19)18-8-7-13-5-6-14(17(20)21)10-15(13)11-18/h5-6,10,12H,3-4,7-9,11H2,1-2H3,(H,20,21). The van der Waals surface area contributed by atoms with Gasteiger partial charge in [0.2, 0.25) is 5.91 Å². The number of carbonyl (C=O) groups is 2. The number of carboxylic acids is 1. The summed E-state index contributed by atoms with van der Waals surface area (Å²) in [7, 11) is 0. The first-order valence-electron chi connectivity index (χ1n) is 7.68. The van der Waals surface area contributed by atoms with Crippen LogP contribution in [0.15, 0.2) is 18.2 Å². The van der Waals surface area contributed by atoms with Crippen molar-refractivity contribution in [1.29, 1.82) is 0 Å². The Morgan fingerprint density at radius 1 is 1.24 bits per heavy atom. The number of aromatic carboxylic acids is 1. The van der Waals surface area contributed by atoms with E-state index in [0.717, 1.165) is 36.9 Å². The lowest BCUT2D eigenvalue weighted by Gasteiger charge is -2.30. The zero-order valence-electron chi connectivity index (χ0n) is 12.8. The van der Waals surface area contributed by atoms with Crippen molar-refractivity contribution >= 4 is 11.9 Å². The van der Waals surface area contributed by atoms with Crippen molar-refractivity contribution in [3.8, 4) is 0 Å². The third kappa shape index (κ3) is 3.63. The topological polar surface area (TPSA) is 57.6 Å². The number of hydrogen-bond acceptors (Lipinski definition) is 2. The molecule has 1 aromatic carbocycles. The summed E-state index contributed by atoms with van der Waals surface area (Å²) >= 11 is 0. The summed E-state index contributed by atoms with van der Waals surface area (Å²) in [6.07, 6.45) is 3.45.